The van der Waals surface area contributed by atoms with Crippen molar-refractivity contribution in [2.24, 2.45) is 0 Å². The van der Waals surface area contributed by atoms with Gasteiger partial charge in [-0.25, -0.2) is 0 Å². The molecule has 17 heavy (non-hydrogen) atoms. The molecule has 1 aromatic rings. The van der Waals surface area contributed by atoms with E-state index in [4.69, 9.17) is 0 Å². The van der Waals surface area contributed by atoms with Crippen LogP contribution < -0.4 is 5.32 Å². The average Bonchev–Trinajstić information content (AvgIpc) is 2.35. The van der Waals surface area contributed by atoms with Crippen molar-refractivity contribution in [3.05, 3.63) is 35.9 Å². The Morgan fingerprint density at radius 2 is 1.82 bits per heavy atom. The number of ketones is 1. The first-order valence-corrected chi connectivity index (χ1v) is 6.12. The van der Waals surface area contributed by atoms with Crippen molar-refractivity contribution in [2.75, 3.05) is 6.54 Å². The van der Waals surface area contributed by atoms with Crippen LogP contribution in [0, 0.1) is 0 Å². The molecule has 0 amide bonds. The molecule has 0 spiro atoms. The van der Waals surface area contributed by atoms with Gasteiger partial charge in [0, 0.05) is 5.56 Å². The van der Waals surface area contributed by atoms with Gasteiger partial charge < -0.3 is 5.32 Å². The standard InChI is InChI=1S/C14H21NO.ClH/c1-3-8-13(15-11-4-2)14(16)12-9-6-5-7-10-12;/h5-7,9-10,13,15H,3-4,8,11H2,1-2H3;1H. The van der Waals surface area contributed by atoms with Crippen LogP contribution in [-0.2, 0) is 0 Å². The molecule has 0 fully saturated rings. The van der Waals surface area contributed by atoms with E-state index in [2.05, 4.69) is 19.2 Å². The zero-order chi connectivity index (χ0) is 11.8. The molecule has 0 heterocycles. The third-order valence-corrected chi connectivity index (χ3v) is 2.59. The molecule has 3 heteroatoms. The van der Waals surface area contributed by atoms with Crippen LogP contribution in [-0.4, -0.2) is 18.4 Å². The minimum atomic E-state index is -0.0210. The second-order valence-corrected chi connectivity index (χ2v) is 4.03. The Morgan fingerprint density at radius 1 is 1.18 bits per heavy atom. The first-order chi connectivity index (χ1) is 7.79. The molecular weight excluding hydrogens is 234 g/mol. The summed E-state index contributed by atoms with van der Waals surface area (Å²) in [6, 6.07) is 9.52. The number of hydrogen-bond donors (Lipinski definition) is 1. The van der Waals surface area contributed by atoms with Gasteiger partial charge in [0.25, 0.3) is 0 Å². The van der Waals surface area contributed by atoms with Crippen molar-refractivity contribution >= 4 is 18.2 Å². The fourth-order valence-electron chi connectivity index (χ4n) is 1.74. The van der Waals surface area contributed by atoms with Crippen LogP contribution in [0.1, 0.15) is 43.5 Å². The largest absolute Gasteiger partial charge is 0.307 e. The Balaban J connectivity index is 0.00000256. The molecule has 0 bridgehead atoms. The quantitative estimate of drug-likeness (QED) is 0.756. The van der Waals surface area contributed by atoms with Crippen molar-refractivity contribution in [1.82, 2.24) is 5.32 Å². The van der Waals surface area contributed by atoms with Crippen LogP contribution in [0.15, 0.2) is 30.3 Å². The predicted octanol–water partition coefficient (Wildman–Crippen LogP) is 3.46. The summed E-state index contributed by atoms with van der Waals surface area (Å²) in [6.45, 7) is 5.13. The number of Topliss-reactive ketones (excluding diaryl/α,β-unsaturated/α-hetero) is 1. The normalized spacial score (nSPS) is 11.6. The summed E-state index contributed by atoms with van der Waals surface area (Å²) in [7, 11) is 0. The van der Waals surface area contributed by atoms with Gasteiger partial charge >= 0.3 is 0 Å². The van der Waals surface area contributed by atoms with Gasteiger partial charge in [0.15, 0.2) is 5.78 Å². The number of rotatable bonds is 7. The molecule has 0 radical (unpaired) electrons. The minimum absolute atomic E-state index is 0. The molecule has 0 aromatic heterocycles. The summed E-state index contributed by atoms with van der Waals surface area (Å²) in [5.41, 5.74) is 0.810. The van der Waals surface area contributed by atoms with Crippen molar-refractivity contribution in [3.8, 4) is 0 Å². The van der Waals surface area contributed by atoms with E-state index in [1.54, 1.807) is 0 Å². The maximum Gasteiger partial charge on any atom is 0.179 e. The SMILES string of the molecule is CCCNC(CCC)C(=O)c1ccccc1.Cl. The molecule has 0 saturated heterocycles. The zero-order valence-corrected chi connectivity index (χ0v) is 11.4. The van der Waals surface area contributed by atoms with Crippen molar-refractivity contribution in [3.63, 3.8) is 0 Å². The molecule has 1 unspecified atom stereocenters. The third kappa shape index (κ3) is 5.33. The lowest BCUT2D eigenvalue weighted by atomic mass is 10.0. The lowest BCUT2D eigenvalue weighted by Gasteiger charge is -2.16. The fourth-order valence-corrected chi connectivity index (χ4v) is 1.74. The number of hydrogen-bond acceptors (Lipinski definition) is 2. The molecule has 1 atom stereocenters. The third-order valence-electron chi connectivity index (χ3n) is 2.59. The highest BCUT2D eigenvalue weighted by Gasteiger charge is 2.17. The highest BCUT2D eigenvalue weighted by molar-refractivity contribution is 6.00. The summed E-state index contributed by atoms with van der Waals surface area (Å²) in [4.78, 5) is 12.2. The number of nitrogens with one attached hydrogen (secondary N) is 1. The zero-order valence-electron chi connectivity index (χ0n) is 10.6. The molecule has 2 nitrogen and oxygen atoms in total. The van der Waals surface area contributed by atoms with Gasteiger partial charge in [-0.2, -0.15) is 0 Å². The van der Waals surface area contributed by atoms with Crippen molar-refractivity contribution in [1.29, 1.82) is 0 Å². The second kappa shape index (κ2) is 9.20. The first kappa shape index (κ1) is 16.1. The number of benzene rings is 1. The van der Waals surface area contributed by atoms with E-state index < -0.39 is 0 Å². The van der Waals surface area contributed by atoms with Gasteiger partial charge in [-0.3, -0.25) is 4.79 Å². The molecule has 1 N–H and O–H groups in total. The van der Waals surface area contributed by atoms with Crippen molar-refractivity contribution in [2.45, 2.75) is 39.2 Å². The molecule has 1 aromatic carbocycles. The Bertz CT molecular complexity index is 313. The topological polar surface area (TPSA) is 29.1 Å². The molecule has 1 rings (SSSR count). The predicted molar refractivity (Wildman–Crippen MR) is 75.0 cm³/mol. The number of carbonyl (C=O) groups excluding carboxylic acids is 1. The van der Waals surface area contributed by atoms with Crippen LogP contribution in [0.4, 0.5) is 0 Å². The molecule has 0 aliphatic carbocycles. The molecule has 0 aliphatic rings. The Hall–Kier alpha value is -0.860. The highest BCUT2D eigenvalue weighted by atomic mass is 35.5. The van der Waals surface area contributed by atoms with E-state index in [1.165, 1.54) is 0 Å². The van der Waals surface area contributed by atoms with Gasteiger partial charge in [0.2, 0.25) is 0 Å². The maximum absolute atomic E-state index is 12.2. The van der Waals surface area contributed by atoms with E-state index in [9.17, 15) is 4.79 Å². The number of carbonyl (C=O) groups is 1. The van der Waals surface area contributed by atoms with Crippen LogP contribution in [0.5, 0.6) is 0 Å². The van der Waals surface area contributed by atoms with Gasteiger partial charge in [0.1, 0.15) is 0 Å². The summed E-state index contributed by atoms with van der Waals surface area (Å²) < 4.78 is 0. The van der Waals surface area contributed by atoms with Crippen LogP contribution in [0.2, 0.25) is 0 Å². The summed E-state index contributed by atoms with van der Waals surface area (Å²) >= 11 is 0. The van der Waals surface area contributed by atoms with Crippen molar-refractivity contribution < 1.29 is 4.79 Å². The van der Waals surface area contributed by atoms with E-state index in [1.807, 2.05) is 30.3 Å². The highest BCUT2D eigenvalue weighted by Crippen LogP contribution is 2.07. The van der Waals surface area contributed by atoms with E-state index in [-0.39, 0.29) is 24.2 Å². The Labute approximate surface area is 110 Å². The Kier molecular flexibility index (Phi) is 8.73. The molecular formula is C14H22ClNO. The molecule has 96 valence electrons. The first-order valence-electron chi connectivity index (χ1n) is 6.12. The maximum atomic E-state index is 12.2. The molecule has 0 aliphatic heterocycles. The summed E-state index contributed by atoms with van der Waals surface area (Å²) in [6.07, 6.45) is 3.00. The summed E-state index contributed by atoms with van der Waals surface area (Å²) in [5.74, 6) is 0.218. The van der Waals surface area contributed by atoms with Crippen LogP contribution in [0.25, 0.3) is 0 Å². The lowest BCUT2D eigenvalue weighted by Crippen LogP contribution is -2.37. The van der Waals surface area contributed by atoms with E-state index >= 15 is 0 Å². The van der Waals surface area contributed by atoms with E-state index in [0.717, 1.165) is 31.4 Å². The van der Waals surface area contributed by atoms with Crippen LogP contribution >= 0.6 is 12.4 Å². The Morgan fingerprint density at radius 3 is 2.35 bits per heavy atom. The average molecular weight is 256 g/mol. The smallest absolute Gasteiger partial charge is 0.179 e. The van der Waals surface area contributed by atoms with Crippen LogP contribution in [0.3, 0.4) is 0 Å². The summed E-state index contributed by atoms with van der Waals surface area (Å²) in [5, 5.41) is 3.32. The minimum Gasteiger partial charge on any atom is -0.307 e. The van der Waals surface area contributed by atoms with Gasteiger partial charge in [-0.15, -0.1) is 12.4 Å². The second-order valence-electron chi connectivity index (χ2n) is 4.03. The number of halogens is 1. The van der Waals surface area contributed by atoms with Gasteiger partial charge in [-0.1, -0.05) is 50.6 Å². The monoisotopic (exact) mass is 255 g/mol. The van der Waals surface area contributed by atoms with Gasteiger partial charge in [0.05, 0.1) is 6.04 Å². The molecule has 0 saturated carbocycles. The van der Waals surface area contributed by atoms with E-state index in [0.29, 0.717) is 0 Å². The van der Waals surface area contributed by atoms with Gasteiger partial charge in [-0.05, 0) is 19.4 Å². The lowest BCUT2D eigenvalue weighted by molar-refractivity contribution is 0.0937. The fraction of sp³-hybridized carbons (Fsp3) is 0.500.